The van der Waals surface area contributed by atoms with Crippen LogP contribution < -0.4 is 5.32 Å². The highest BCUT2D eigenvalue weighted by atomic mass is 19.4. The molecule has 0 radical (unpaired) electrons. The highest BCUT2D eigenvalue weighted by Crippen LogP contribution is 2.28. The Morgan fingerprint density at radius 1 is 1.21 bits per heavy atom. The summed E-state index contributed by atoms with van der Waals surface area (Å²) in [5.41, 5.74) is -1.38. The number of hydrogen-bond acceptors (Lipinski definition) is 3. The number of hydrogen-bond donors (Lipinski definition) is 1. The Morgan fingerprint density at radius 3 is 2.57 bits per heavy atom. The van der Waals surface area contributed by atoms with Crippen molar-refractivity contribution in [3.8, 4) is 0 Å². The summed E-state index contributed by atoms with van der Waals surface area (Å²) in [5, 5.41) is 7.07. The minimum absolute atomic E-state index is 0.155. The Balaban J connectivity index is 0.00000136. The first-order valence-electron chi connectivity index (χ1n) is 8.80. The number of carbonyl (C=O) groups is 1. The van der Waals surface area contributed by atoms with Gasteiger partial charge in [-0.05, 0) is 24.6 Å². The number of nitrogens with one attached hydrogen (secondary N) is 1. The van der Waals surface area contributed by atoms with Gasteiger partial charge in [0.2, 0.25) is 0 Å². The molecule has 5 nitrogen and oxygen atoms in total. The number of halogens is 4. The second-order valence-corrected chi connectivity index (χ2v) is 5.64. The number of rotatable bonds is 4. The molecule has 1 amide bonds. The third kappa shape index (κ3) is 4.85. The van der Waals surface area contributed by atoms with Gasteiger partial charge in [-0.15, -0.1) is 0 Å². The largest absolute Gasteiger partial charge is 0.433 e. The van der Waals surface area contributed by atoms with Crippen LogP contribution >= 0.6 is 0 Å². The first kappa shape index (κ1) is 21.3. The Kier molecular flexibility index (Phi) is 6.71. The monoisotopic (exact) mass is 396 g/mol. The van der Waals surface area contributed by atoms with E-state index in [4.69, 9.17) is 0 Å². The lowest BCUT2D eigenvalue weighted by molar-refractivity contribution is -0.141. The molecule has 0 saturated carbocycles. The minimum atomic E-state index is -4.67. The lowest BCUT2D eigenvalue weighted by Crippen LogP contribution is -2.17. The molecular formula is C19H20F4N4O. The van der Waals surface area contributed by atoms with Crippen molar-refractivity contribution < 1.29 is 22.4 Å². The predicted octanol–water partition coefficient (Wildman–Crippen LogP) is 5.28. The molecule has 3 aromatic rings. The number of carbonyl (C=O) groups excluding carboxylic acids is 1. The molecule has 0 spiro atoms. The summed E-state index contributed by atoms with van der Waals surface area (Å²) >= 11 is 0. The van der Waals surface area contributed by atoms with Gasteiger partial charge < -0.3 is 5.32 Å². The number of nitrogens with zero attached hydrogens (tertiary/aromatic N) is 3. The molecule has 0 atom stereocenters. The second-order valence-electron chi connectivity index (χ2n) is 5.64. The Morgan fingerprint density at radius 2 is 1.93 bits per heavy atom. The van der Waals surface area contributed by atoms with E-state index < -0.39 is 29.3 Å². The van der Waals surface area contributed by atoms with Gasteiger partial charge in [0, 0.05) is 24.2 Å². The van der Waals surface area contributed by atoms with Crippen LogP contribution in [0.2, 0.25) is 0 Å². The van der Waals surface area contributed by atoms with Crippen molar-refractivity contribution >= 4 is 22.5 Å². The van der Waals surface area contributed by atoms with Crippen LogP contribution in [-0.2, 0) is 12.7 Å². The van der Waals surface area contributed by atoms with Gasteiger partial charge in [-0.25, -0.2) is 9.37 Å². The quantitative estimate of drug-likeness (QED) is 0.611. The van der Waals surface area contributed by atoms with Crippen LogP contribution in [0.15, 0.2) is 36.5 Å². The Bertz CT molecular complexity index is 966. The summed E-state index contributed by atoms with van der Waals surface area (Å²) in [6.07, 6.45) is -2.12. The van der Waals surface area contributed by atoms with Gasteiger partial charge >= 0.3 is 6.18 Å². The van der Waals surface area contributed by atoms with Crippen LogP contribution in [0.1, 0.15) is 43.4 Å². The summed E-state index contributed by atoms with van der Waals surface area (Å²) in [5.74, 6) is -1.67. The van der Waals surface area contributed by atoms with Crippen molar-refractivity contribution in [2.45, 2.75) is 39.9 Å². The van der Waals surface area contributed by atoms with Crippen molar-refractivity contribution in [2.24, 2.45) is 0 Å². The van der Waals surface area contributed by atoms with E-state index in [1.165, 1.54) is 6.07 Å². The maximum Gasteiger partial charge on any atom is 0.433 e. The molecule has 2 aromatic heterocycles. The van der Waals surface area contributed by atoms with Crippen LogP contribution in [0.5, 0.6) is 0 Å². The number of anilines is 1. The van der Waals surface area contributed by atoms with E-state index in [9.17, 15) is 22.4 Å². The lowest BCUT2D eigenvalue weighted by Gasteiger charge is -2.09. The van der Waals surface area contributed by atoms with Gasteiger partial charge in [0.25, 0.3) is 5.91 Å². The number of aryl methyl sites for hydroxylation is 1. The normalized spacial score (nSPS) is 11.1. The van der Waals surface area contributed by atoms with Crippen molar-refractivity contribution in [2.75, 3.05) is 5.32 Å². The average molecular weight is 396 g/mol. The van der Waals surface area contributed by atoms with E-state index in [1.54, 1.807) is 10.9 Å². The molecule has 0 fully saturated rings. The Labute approximate surface area is 159 Å². The summed E-state index contributed by atoms with van der Waals surface area (Å²) in [4.78, 5) is 15.4. The third-order valence-electron chi connectivity index (χ3n) is 3.61. The van der Waals surface area contributed by atoms with E-state index >= 15 is 0 Å². The lowest BCUT2D eigenvalue weighted by atomic mass is 10.2. The molecule has 1 N–H and O–H groups in total. The number of benzene rings is 1. The van der Waals surface area contributed by atoms with Gasteiger partial charge in [0.1, 0.15) is 17.2 Å². The molecule has 0 saturated heterocycles. The van der Waals surface area contributed by atoms with Crippen LogP contribution in [0.3, 0.4) is 0 Å². The third-order valence-corrected chi connectivity index (χ3v) is 3.61. The zero-order valence-corrected chi connectivity index (χ0v) is 15.6. The summed E-state index contributed by atoms with van der Waals surface area (Å²) in [7, 11) is 0. The second kappa shape index (κ2) is 8.81. The molecule has 3 rings (SSSR count). The molecule has 2 heterocycles. The van der Waals surface area contributed by atoms with Crippen molar-refractivity contribution in [3.05, 3.63) is 53.7 Å². The predicted molar refractivity (Wildman–Crippen MR) is 98.5 cm³/mol. The molecule has 1 aromatic carbocycles. The number of fused-ring (bicyclic) bond motifs is 1. The average Bonchev–Trinajstić information content (AvgIpc) is 3.04. The number of pyridine rings is 1. The maximum absolute atomic E-state index is 14.2. The standard InChI is InChI=1S/C17H14F4N4O.C2H6/c1-2-6-25-9-10-7-14(11(18)8-13(10)24-25)23-16(26)12-4-3-5-15(22-12)17(19,20)21;1-2/h3-5,7-9H,2,6H2,1H3,(H,23,26);1-2H3. The first-order valence-corrected chi connectivity index (χ1v) is 8.80. The van der Waals surface area contributed by atoms with Crippen LogP contribution in [0.25, 0.3) is 10.9 Å². The summed E-state index contributed by atoms with van der Waals surface area (Å²) < 4.78 is 53.9. The molecule has 28 heavy (non-hydrogen) atoms. The molecule has 150 valence electrons. The Hall–Kier alpha value is -2.97. The SMILES string of the molecule is CC.CCCn1cc2cc(NC(=O)c3cccc(C(F)(F)F)n3)c(F)cc2n1. The highest BCUT2D eigenvalue weighted by molar-refractivity contribution is 6.03. The fourth-order valence-electron chi connectivity index (χ4n) is 2.44. The fraction of sp³-hybridized carbons (Fsp3) is 0.316. The summed E-state index contributed by atoms with van der Waals surface area (Å²) in [6.45, 7) is 6.63. The van der Waals surface area contributed by atoms with Crippen molar-refractivity contribution in [1.82, 2.24) is 14.8 Å². The zero-order chi connectivity index (χ0) is 20.9. The fourth-order valence-corrected chi connectivity index (χ4v) is 2.44. The summed E-state index contributed by atoms with van der Waals surface area (Å²) in [6, 6.07) is 5.50. The molecule has 0 bridgehead atoms. The number of amides is 1. The maximum atomic E-state index is 14.2. The number of alkyl halides is 3. The first-order chi connectivity index (χ1) is 13.3. The topological polar surface area (TPSA) is 59.8 Å². The van der Waals surface area contributed by atoms with Gasteiger partial charge in [-0.3, -0.25) is 9.48 Å². The van der Waals surface area contributed by atoms with Crippen LogP contribution in [0, 0.1) is 5.82 Å². The highest BCUT2D eigenvalue weighted by Gasteiger charge is 2.33. The molecular weight excluding hydrogens is 376 g/mol. The molecule has 0 unspecified atom stereocenters. The van der Waals surface area contributed by atoms with Gasteiger partial charge in [-0.1, -0.05) is 26.8 Å². The number of aromatic nitrogens is 3. The van der Waals surface area contributed by atoms with E-state index in [2.05, 4.69) is 15.4 Å². The van der Waals surface area contributed by atoms with E-state index in [0.29, 0.717) is 17.4 Å². The van der Waals surface area contributed by atoms with Gasteiger partial charge in [0.15, 0.2) is 0 Å². The van der Waals surface area contributed by atoms with E-state index in [1.807, 2.05) is 20.8 Å². The van der Waals surface area contributed by atoms with Crippen LogP contribution in [-0.4, -0.2) is 20.7 Å². The van der Waals surface area contributed by atoms with Gasteiger partial charge in [0.05, 0.1) is 11.2 Å². The molecule has 0 aliphatic rings. The van der Waals surface area contributed by atoms with E-state index in [0.717, 1.165) is 30.7 Å². The smallest absolute Gasteiger partial charge is 0.318 e. The molecule has 0 aliphatic heterocycles. The van der Waals surface area contributed by atoms with E-state index in [-0.39, 0.29) is 5.69 Å². The zero-order valence-electron chi connectivity index (χ0n) is 15.6. The van der Waals surface area contributed by atoms with Gasteiger partial charge in [-0.2, -0.15) is 18.3 Å². The van der Waals surface area contributed by atoms with Crippen molar-refractivity contribution in [3.63, 3.8) is 0 Å². The van der Waals surface area contributed by atoms with Crippen molar-refractivity contribution in [1.29, 1.82) is 0 Å². The minimum Gasteiger partial charge on any atom is -0.318 e. The molecule has 0 aliphatic carbocycles. The van der Waals surface area contributed by atoms with Crippen LogP contribution in [0.4, 0.5) is 23.2 Å². The molecule has 9 heteroatoms.